The van der Waals surface area contributed by atoms with E-state index in [1.165, 1.54) is 10.6 Å². The number of carbonyl (C=O) groups is 2. The molecule has 0 atom stereocenters. The van der Waals surface area contributed by atoms with Gasteiger partial charge in [-0.05, 0) is 32.0 Å². The number of aryl methyl sites for hydroxylation is 3. The second kappa shape index (κ2) is 7.25. The van der Waals surface area contributed by atoms with Crippen LogP contribution in [0.5, 0.6) is 0 Å². The number of carbonyl (C=O) groups excluding carboxylic acids is 2. The number of amides is 1. The molecule has 4 aromatic rings. The highest BCUT2D eigenvalue weighted by molar-refractivity contribution is 6.15. The van der Waals surface area contributed by atoms with Crippen LogP contribution in [0.3, 0.4) is 0 Å². The Morgan fingerprint density at radius 2 is 2.00 bits per heavy atom. The first-order valence-corrected chi connectivity index (χ1v) is 9.38. The molecule has 0 unspecified atom stereocenters. The second-order valence-corrected chi connectivity index (χ2v) is 6.89. The molecule has 0 saturated heterocycles. The lowest BCUT2D eigenvalue weighted by Gasteiger charge is -2.10. The maximum Gasteiger partial charge on any atom is 0.357 e. The maximum atomic E-state index is 14.7. The SMILES string of the molecule is CCOC(=O)c1c(NC(=O)c2cc3c(cnn3C)nc2C)c2c(F)cccc2n1C. The van der Waals surface area contributed by atoms with Gasteiger partial charge in [-0.25, -0.2) is 14.2 Å². The molecule has 0 radical (unpaired) electrons. The van der Waals surface area contributed by atoms with E-state index in [0.29, 0.717) is 27.8 Å². The Hall–Kier alpha value is -3.75. The van der Waals surface area contributed by atoms with Gasteiger partial charge < -0.3 is 14.6 Å². The summed E-state index contributed by atoms with van der Waals surface area (Å²) in [5.41, 5.74) is 2.73. The number of nitrogens with one attached hydrogen (secondary N) is 1. The van der Waals surface area contributed by atoms with Crippen molar-refractivity contribution in [3.05, 3.63) is 53.2 Å². The van der Waals surface area contributed by atoms with E-state index < -0.39 is 17.7 Å². The Morgan fingerprint density at radius 3 is 2.73 bits per heavy atom. The number of fused-ring (bicyclic) bond motifs is 2. The van der Waals surface area contributed by atoms with Gasteiger partial charge in [0.2, 0.25) is 0 Å². The fraction of sp³-hybridized carbons (Fsp3) is 0.238. The van der Waals surface area contributed by atoms with Crippen molar-refractivity contribution in [2.24, 2.45) is 14.1 Å². The van der Waals surface area contributed by atoms with Gasteiger partial charge in [0.05, 0.1) is 46.2 Å². The molecular formula is C21H20FN5O3. The molecule has 0 fully saturated rings. The predicted molar refractivity (Wildman–Crippen MR) is 110 cm³/mol. The molecule has 3 heterocycles. The summed E-state index contributed by atoms with van der Waals surface area (Å²) in [5, 5.41) is 7.00. The Labute approximate surface area is 171 Å². The molecule has 1 aromatic carbocycles. The third-order valence-corrected chi connectivity index (χ3v) is 5.05. The second-order valence-electron chi connectivity index (χ2n) is 6.89. The molecule has 0 spiro atoms. The lowest BCUT2D eigenvalue weighted by Crippen LogP contribution is -2.18. The molecule has 1 N–H and O–H groups in total. The van der Waals surface area contributed by atoms with E-state index in [2.05, 4.69) is 15.4 Å². The van der Waals surface area contributed by atoms with Crippen molar-refractivity contribution in [2.45, 2.75) is 13.8 Å². The fourth-order valence-corrected chi connectivity index (χ4v) is 3.59. The van der Waals surface area contributed by atoms with Crippen LogP contribution in [0.1, 0.15) is 33.5 Å². The van der Waals surface area contributed by atoms with E-state index in [1.807, 2.05) is 0 Å². The smallest absolute Gasteiger partial charge is 0.357 e. The Morgan fingerprint density at radius 1 is 1.23 bits per heavy atom. The van der Waals surface area contributed by atoms with E-state index in [9.17, 15) is 14.0 Å². The van der Waals surface area contributed by atoms with Gasteiger partial charge in [-0.1, -0.05) is 6.07 Å². The van der Waals surface area contributed by atoms with Crippen LogP contribution in [-0.4, -0.2) is 37.8 Å². The number of ether oxygens (including phenoxy) is 1. The van der Waals surface area contributed by atoms with Crippen LogP contribution in [-0.2, 0) is 18.8 Å². The molecule has 0 saturated carbocycles. The van der Waals surface area contributed by atoms with Crippen LogP contribution in [0.25, 0.3) is 21.9 Å². The highest BCUT2D eigenvalue weighted by atomic mass is 19.1. The zero-order valence-corrected chi connectivity index (χ0v) is 17.0. The van der Waals surface area contributed by atoms with Gasteiger partial charge >= 0.3 is 5.97 Å². The van der Waals surface area contributed by atoms with Gasteiger partial charge in [0, 0.05) is 14.1 Å². The number of rotatable bonds is 4. The summed E-state index contributed by atoms with van der Waals surface area (Å²) in [6.07, 6.45) is 1.61. The minimum atomic E-state index is -0.650. The standard InChI is InChI=1S/C21H20FN5O3/c1-5-30-21(29)19-18(17-13(22)7-6-8-15(17)26(19)3)25-20(28)12-9-16-14(24-11(12)2)10-23-27(16)4/h6-10H,5H2,1-4H3,(H,25,28). The van der Waals surface area contributed by atoms with Crippen LogP contribution in [0, 0.1) is 12.7 Å². The van der Waals surface area contributed by atoms with Gasteiger partial charge in [-0.3, -0.25) is 9.48 Å². The Bertz CT molecular complexity index is 1320. The van der Waals surface area contributed by atoms with E-state index in [0.717, 1.165) is 0 Å². The third-order valence-electron chi connectivity index (χ3n) is 5.05. The summed E-state index contributed by atoms with van der Waals surface area (Å²) in [4.78, 5) is 30.2. The zero-order chi connectivity index (χ0) is 21.6. The largest absolute Gasteiger partial charge is 0.461 e. The number of nitrogens with zero attached hydrogens (tertiary/aromatic N) is 4. The number of esters is 1. The molecule has 30 heavy (non-hydrogen) atoms. The first-order chi connectivity index (χ1) is 14.3. The van der Waals surface area contributed by atoms with E-state index in [1.54, 1.807) is 57.0 Å². The normalized spacial score (nSPS) is 11.2. The molecule has 154 valence electrons. The first-order valence-electron chi connectivity index (χ1n) is 9.38. The molecule has 3 aromatic heterocycles. The fourth-order valence-electron chi connectivity index (χ4n) is 3.59. The molecule has 8 nitrogen and oxygen atoms in total. The highest BCUT2D eigenvalue weighted by Gasteiger charge is 2.26. The average molecular weight is 409 g/mol. The Balaban J connectivity index is 1.86. The number of benzene rings is 1. The Kier molecular flexibility index (Phi) is 4.73. The number of aromatic nitrogens is 4. The maximum absolute atomic E-state index is 14.7. The lowest BCUT2D eigenvalue weighted by molar-refractivity contribution is 0.0517. The van der Waals surface area contributed by atoms with Crippen molar-refractivity contribution >= 4 is 39.5 Å². The van der Waals surface area contributed by atoms with Crippen molar-refractivity contribution < 1.29 is 18.7 Å². The lowest BCUT2D eigenvalue weighted by atomic mass is 10.1. The average Bonchev–Trinajstić information content (AvgIpc) is 3.19. The molecule has 0 aliphatic carbocycles. The van der Waals surface area contributed by atoms with Crippen molar-refractivity contribution in [3.8, 4) is 0 Å². The van der Waals surface area contributed by atoms with Crippen LogP contribution in [0.2, 0.25) is 0 Å². The van der Waals surface area contributed by atoms with Gasteiger partial charge in [-0.15, -0.1) is 0 Å². The molecule has 9 heteroatoms. The van der Waals surface area contributed by atoms with Crippen molar-refractivity contribution in [1.82, 2.24) is 19.3 Å². The van der Waals surface area contributed by atoms with Crippen LogP contribution in [0.4, 0.5) is 10.1 Å². The van der Waals surface area contributed by atoms with Crippen molar-refractivity contribution in [1.29, 1.82) is 0 Å². The van der Waals surface area contributed by atoms with Gasteiger partial charge in [0.15, 0.2) is 5.69 Å². The summed E-state index contributed by atoms with van der Waals surface area (Å²) in [6, 6.07) is 6.17. The van der Waals surface area contributed by atoms with E-state index >= 15 is 0 Å². The van der Waals surface area contributed by atoms with Crippen LogP contribution in [0.15, 0.2) is 30.5 Å². The summed E-state index contributed by atoms with van der Waals surface area (Å²) < 4.78 is 23.0. The van der Waals surface area contributed by atoms with E-state index in [4.69, 9.17) is 4.74 Å². The number of anilines is 1. The quantitative estimate of drug-likeness (QED) is 0.522. The molecule has 4 rings (SSSR count). The van der Waals surface area contributed by atoms with Gasteiger partial charge in [-0.2, -0.15) is 5.10 Å². The molecule has 0 aliphatic rings. The third kappa shape index (κ3) is 2.99. The zero-order valence-electron chi connectivity index (χ0n) is 17.0. The molecule has 1 amide bonds. The number of hydrogen-bond acceptors (Lipinski definition) is 5. The van der Waals surface area contributed by atoms with Crippen LogP contribution >= 0.6 is 0 Å². The van der Waals surface area contributed by atoms with Crippen molar-refractivity contribution in [3.63, 3.8) is 0 Å². The van der Waals surface area contributed by atoms with E-state index in [-0.39, 0.29) is 23.4 Å². The van der Waals surface area contributed by atoms with Crippen LogP contribution < -0.4 is 5.32 Å². The predicted octanol–water partition coefficient (Wildman–Crippen LogP) is 3.34. The van der Waals surface area contributed by atoms with Gasteiger partial charge in [0.1, 0.15) is 11.3 Å². The monoisotopic (exact) mass is 409 g/mol. The molecular weight excluding hydrogens is 389 g/mol. The summed E-state index contributed by atoms with van der Waals surface area (Å²) in [5.74, 6) is -1.71. The van der Waals surface area contributed by atoms with Gasteiger partial charge in [0.25, 0.3) is 5.91 Å². The summed E-state index contributed by atoms with van der Waals surface area (Å²) >= 11 is 0. The minimum Gasteiger partial charge on any atom is -0.461 e. The number of hydrogen-bond donors (Lipinski definition) is 1. The number of pyridine rings is 1. The first kappa shape index (κ1) is 19.6. The number of halogens is 1. The topological polar surface area (TPSA) is 91.0 Å². The molecule has 0 bridgehead atoms. The highest BCUT2D eigenvalue weighted by Crippen LogP contribution is 2.33. The summed E-state index contributed by atoms with van der Waals surface area (Å²) in [6.45, 7) is 3.53. The molecule has 0 aliphatic heterocycles. The van der Waals surface area contributed by atoms with Crippen molar-refractivity contribution in [2.75, 3.05) is 11.9 Å². The summed E-state index contributed by atoms with van der Waals surface area (Å²) in [7, 11) is 3.37. The minimum absolute atomic E-state index is 0.0672.